The van der Waals surface area contributed by atoms with Crippen LogP contribution < -0.4 is 5.32 Å². The second kappa shape index (κ2) is 6.87. The summed E-state index contributed by atoms with van der Waals surface area (Å²) in [7, 11) is 0. The van der Waals surface area contributed by atoms with Crippen LogP contribution in [0.4, 0.5) is 0 Å². The lowest BCUT2D eigenvalue weighted by Crippen LogP contribution is -2.51. The van der Waals surface area contributed by atoms with Crippen LogP contribution in [-0.2, 0) is 10.3 Å². The maximum atomic E-state index is 13.0. The smallest absolute Gasteiger partial charge is 0.248 e. The van der Waals surface area contributed by atoms with Crippen molar-refractivity contribution in [2.24, 2.45) is 0 Å². The van der Waals surface area contributed by atoms with Gasteiger partial charge in [0.05, 0.1) is 12.6 Å². The number of hydrogen-bond donors (Lipinski definition) is 2. The predicted molar refractivity (Wildman–Crippen MR) is 83.3 cm³/mol. The minimum atomic E-state index is -0.760. The molecule has 1 saturated carbocycles. The number of nitrogens with zero attached hydrogens (tertiary/aromatic N) is 4. The van der Waals surface area contributed by atoms with Gasteiger partial charge in [-0.25, -0.2) is 4.68 Å². The molecule has 0 bridgehead atoms. The SMILES string of the molecule is O=C(N[C@@H](CO)c1ccccc1)C1(n2cnnn2)CCCCC1. The van der Waals surface area contributed by atoms with Crippen molar-refractivity contribution in [1.29, 1.82) is 0 Å². The molecule has 1 fully saturated rings. The number of aromatic nitrogens is 4. The Morgan fingerprint density at radius 3 is 2.61 bits per heavy atom. The van der Waals surface area contributed by atoms with Crippen molar-refractivity contribution in [3.8, 4) is 0 Å². The van der Waals surface area contributed by atoms with Crippen molar-refractivity contribution in [2.45, 2.75) is 43.7 Å². The van der Waals surface area contributed by atoms with Gasteiger partial charge in [-0.3, -0.25) is 4.79 Å². The maximum Gasteiger partial charge on any atom is 0.248 e. The molecule has 7 heteroatoms. The van der Waals surface area contributed by atoms with E-state index in [1.807, 2.05) is 30.3 Å². The van der Waals surface area contributed by atoms with Crippen molar-refractivity contribution in [3.05, 3.63) is 42.2 Å². The fourth-order valence-electron chi connectivity index (χ4n) is 3.27. The van der Waals surface area contributed by atoms with E-state index in [1.54, 1.807) is 4.68 Å². The van der Waals surface area contributed by atoms with Crippen LogP contribution >= 0.6 is 0 Å². The molecule has 1 atom stereocenters. The Hall–Kier alpha value is -2.28. The lowest BCUT2D eigenvalue weighted by molar-refractivity contribution is -0.133. The Labute approximate surface area is 134 Å². The second-order valence-corrected chi connectivity index (χ2v) is 5.97. The van der Waals surface area contributed by atoms with Crippen molar-refractivity contribution in [2.75, 3.05) is 6.61 Å². The van der Waals surface area contributed by atoms with Crippen molar-refractivity contribution in [3.63, 3.8) is 0 Å². The van der Waals surface area contributed by atoms with Crippen LogP contribution in [0.15, 0.2) is 36.7 Å². The number of aliphatic hydroxyl groups is 1. The van der Waals surface area contributed by atoms with E-state index in [0.717, 1.165) is 24.8 Å². The number of nitrogens with one attached hydrogen (secondary N) is 1. The average Bonchev–Trinajstić information content (AvgIpc) is 3.16. The monoisotopic (exact) mass is 315 g/mol. The molecule has 122 valence electrons. The predicted octanol–water partition coefficient (Wildman–Crippen LogP) is 1.18. The van der Waals surface area contributed by atoms with Gasteiger partial charge in [0.15, 0.2) is 0 Å². The van der Waals surface area contributed by atoms with Crippen LogP contribution in [0.1, 0.15) is 43.7 Å². The highest BCUT2D eigenvalue weighted by Crippen LogP contribution is 2.35. The Bertz CT molecular complexity index is 623. The first kappa shape index (κ1) is 15.6. The number of amides is 1. The fraction of sp³-hybridized carbons (Fsp3) is 0.500. The van der Waals surface area contributed by atoms with Crippen LogP contribution in [0.5, 0.6) is 0 Å². The number of carbonyl (C=O) groups excluding carboxylic acids is 1. The molecular formula is C16H21N5O2. The van der Waals surface area contributed by atoms with Gasteiger partial charge >= 0.3 is 0 Å². The van der Waals surface area contributed by atoms with Gasteiger partial charge in [-0.2, -0.15) is 0 Å². The zero-order chi connectivity index (χ0) is 16.1. The molecular weight excluding hydrogens is 294 g/mol. The third kappa shape index (κ3) is 3.10. The quantitative estimate of drug-likeness (QED) is 0.864. The minimum Gasteiger partial charge on any atom is -0.394 e. The van der Waals surface area contributed by atoms with Gasteiger partial charge in [-0.15, -0.1) is 5.10 Å². The summed E-state index contributed by atoms with van der Waals surface area (Å²) in [6.07, 6.45) is 5.94. The van der Waals surface area contributed by atoms with E-state index in [9.17, 15) is 9.90 Å². The van der Waals surface area contributed by atoms with E-state index >= 15 is 0 Å². The molecule has 0 saturated heterocycles. The van der Waals surface area contributed by atoms with E-state index in [0.29, 0.717) is 12.8 Å². The molecule has 2 N–H and O–H groups in total. The van der Waals surface area contributed by atoms with Gasteiger partial charge in [0.2, 0.25) is 5.91 Å². The van der Waals surface area contributed by atoms with Gasteiger partial charge in [0, 0.05) is 0 Å². The summed E-state index contributed by atoms with van der Waals surface area (Å²) in [4.78, 5) is 13.0. The van der Waals surface area contributed by atoms with Gasteiger partial charge in [0.25, 0.3) is 0 Å². The molecule has 23 heavy (non-hydrogen) atoms. The normalized spacial score (nSPS) is 18.3. The molecule has 0 aliphatic heterocycles. The number of aliphatic hydroxyl groups excluding tert-OH is 1. The summed E-state index contributed by atoms with van der Waals surface area (Å²) < 4.78 is 1.57. The maximum absolute atomic E-state index is 13.0. The molecule has 1 amide bonds. The topological polar surface area (TPSA) is 92.9 Å². The summed E-state index contributed by atoms with van der Waals surface area (Å²) in [5.74, 6) is -0.132. The first-order chi connectivity index (χ1) is 11.3. The van der Waals surface area contributed by atoms with E-state index in [4.69, 9.17) is 0 Å². The number of hydrogen-bond acceptors (Lipinski definition) is 5. The van der Waals surface area contributed by atoms with Gasteiger partial charge in [-0.05, 0) is 28.8 Å². The van der Waals surface area contributed by atoms with E-state index in [2.05, 4.69) is 20.8 Å². The molecule has 2 aromatic rings. The molecule has 1 aliphatic rings. The molecule has 0 radical (unpaired) electrons. The molecule has 3 rings (SSSR count). The van der Waals surface area contributed by atoms with Crippen LogP contribution in [0.25, 0.3) is 0 Å². The minimum absolute atomic E-state index is 0.132. The number of benzene rings is 1. The summed E-state index contributed by atoms with van der Waals surface area (Å²) in [6.45, 7) is -0.151. The van der Waals surface area contributed by atoms with E-state index in [-0.39, 0.29) is 12.5 Å². The largest absolute Gasteiger partial charge is 0.394 e. The number of tetrazole rings is 1. The lowest BCUT2D eigenvalue weighted by Gasteiger charge is -2.36. The first-order valence-corrected chi connectivity index (χ1v) is 7.96. The summed E-state index contributed by atoms with van der Waals surface area (Å²) in [6, 6.07) is 9.05. The van der Waals surface area contributed by atoms with E-state index < -0.39 is 11.6 Å². The third-order valence-corrected chi connectivity index (χ3v) is 4.58. The molecule has 7 nitrogen and oxygen atoms in total. The van der Waals surface area contributed by atoms with Crippen molar-refractivity contribution in [1.82, 2.24) is 25.5 Å². The zero-order valence-corrected chi connectivity index (χ0v) is 12.9. The molecule has 1 aromatic heterocycles. The zero-order valence-electron chi connectivity index (χ0n) is 12.9. The summed E-state index contributed by atoms with van der Waals surface area (Å²) in [5.41, 5.74) is 0.121. The molecule has 0 spiro atoms. The Morgan fingerprint density at radius 2 is 2.00 bits per heavy atom. The second-order valence-electron chi connectivity index (χ2n) is 5.97. The van der Waals surface area contributed by atoms with Gasteiger partial charge in [0.1, 0.15) is 11.9 Å². The summed E-state index contributed by atoms with van der Waals surface area (Å²) in [5, 5.41) is 24.0. The highest BCUT2D eigenvalue weighted by atomic mass is 16.3. The fourth-order valence-corrected chi connectivity index (χ4v) is 3.27. The average molecular weight is 315 g/mol. The lowest BCUT2D eigenvalue weighted by atomic mass is 9.80. The van der Waals surface area contributed by atoms with Crippen LogP contribution in [0.3, 0.4) is 0 Å². The van der Waals surface area contributed by atoms with Crippen molar-refractivity contribution < 1.29 is 9.90 Å². The molecule has 1 aliphatic carbocycles. The first-order valence-electron chi connectivity index (χ1n) is 7.96. The van der Waals surface area contributed by atoms with Crippen molar-refractivity contribution >= 4 is 5.91 Å². The summed E-state index contributed by atoms with van der Waals surface area (Å²) >= 11 is 0. The number of rotatable bonds is 5. The Balaban J connectivity index is 1.84. The van der Waals surface area contributed by atoms with Crippen LogP contribution in [0, 0.1) is 0 Å². The molecule has 1 heterocycles. The highest BCUT2D eigenvalue weighted by molar-refractivity contribution is 5.84. The standard InChI is InChI=1S/C16H21N5O2/c22-11-14(13-7-3-1-4-8-13)18-15(23)16(9-5-2-6-10-16)21-12-17-19-20-21/h1,3-4,7-8,12,14,22H,2,5-6,9-11H2,(H,18,23)/t14-/m0/s1. The molecule has 0 unspecified atom stereocenters. The number of carbonyl (C=O) groups is 1. The van der Waals surface area contributed by atoms with E-state index in [1.165, 1.54) is 6.33 Å². The van der Waals surface area contributed by atoms with Gasteiger partial charge < -0.3 is 10.4 Å². The van der Waals surface area contributed by atoms with Crippen LogP contribution in [-0.4, -0.2) is 37.8 Å². The van der Waals surface area contributed by atoms with Gasteiger partial charge in [-0.1, -0.05) is 49.6 Å². The highest BCUT2D eigenvalue weighted by Gasteiger charge is 2.43. The molecule has 1 aromatic carbocycles. The third-order valence-electron chi connectivity index (χ3n) is 4.58. The van der Waals surface area contributed by atoms with Crippen LogP contribution in [0.2, 0.25) is 0 Å². The Kier molecular flexibility index (Phi) is 4.66. The Morgan fingerprint density at radius 1 is 1.26 bits per heavy atom.